The van der Waals surface area contributed by atoms with Crippen molar-refractivity contribution >= 4 is 23.3 Å². The van der Waals surface area contributed by atoms with Crippen LogP contribution in [0.2, 0.25) is 0 Å². The number of alkyl carbamates (subject to hydrolysis) is 1. The van der Waals surface area contributed by atoms with Gasteiger partial charge < -0.3 is 13.9 Å². The van der Waals surface area contributed by atoms with Crippen LogP contribution in [0.1, 0.15) is 12.8 Å². The molecule has 0 unspecified atom stereocenters. The Bertz CT molecular complexity index is 688. The summed E-state index contributed by atoms with van der Waals surface area (Å²) in [7, 11) is 2.76. The van der Waals surface area contributed by atoms with Gasteiger partial charge in [0, 0.05) is 13.7 Å². The Kier molecular flexibility index (Phi) is 7.04. The molecule has 2 aromatic rings. The van der Waals surface area contributed by atoms with Crippen molar-refractivity contribution in [3.63, 3.8) is 0 Å². The smallest absolute Gasteiger partial charge is 0.413 e. The standard InChI is InChI=1S/C15H20N4O5S/c1-10(13(20)16-15(21)23-3)19(6-7-22-2)9-12-17-18-14(24-12)11-5-4-8-25-11/h4-5,8,10H,6-7,9H2,1-3H3,(H,16,20,21)/t10-/m0/s1. The van der Waals surface area contributed by atoms with Gasteiger partial charge in [0.1, 0.15) is 0 Å². The predicted octanol–water partition coefficient (Wildman–Crippen LogP) is 1.52. The minimum Gasteiger partial charge on any atom is -0.453 e. The van der Waals surface area contributed by atoms with E-state index < -0.39 is 18.0 Å². The summed E-state index contributed by atoms with van der Waals surface area (Å²) in [5.74, 6) is 0.321. The molecule has 2 aromatic heterocycles. The van der Waals surface area contributed by atoms with E-state index in [2.05, 4.69) is 20.3 Å². The number of thiophene rings is 1. The summed E-state index contributed by atoms with van der Waals surface area (Å²) in [6, 6.07) is 3.16. The SMILES string of the molecule is COCCN(Cc1nnc(-c2cccs2)o1)[C@@H](C)C(=O)NC(=O)OC. The molecule has 10 heteroatoms. The van der Waals surface area contributed by atoms with E-state index in [-0.39, 0.29) is 6.54 Å². The molecule has 0 aliphatic heterocycles. The van der Waals surface area contributed by atoms with Gasteiger partial charge in [0.25, 0.3) is 5.89 Å². The molecule has 0 aromatic carbocycles. The van der Waals surface area contributed by atoms with Crippen molar-refractivity contribution in [1.29, 1.82) is 0 Å². The molecule has 2 heterocycles. The summed E-state index contributed by atoms with van der Waals surface area (Å²) in [6.45, 7) is 2.77. The molecule has 0 aliphatic carbocycles. The molecule has 2 amide bonds. The van der Waals surface area contributed by atoms with Crippen molar-refractivity contribution in [2.45, 2.75) is 19.5 Å². The van der Waals surface area contributed by atoms with Gasteiger partial charge in [-0.1, -0.05) is 6.07 Å². The van der Waals surface area contributed by atoms with Crippen molar-refractivity contribution in [2.75, 3.05) is 27.4 Å². The molecule has 1 N–H and O–H groups in total. The van der Waals surface area contributed by atoms with E-state index in [4.69, 9.17) is 9.15 Å². The fourth-order valence-electron chi connectivity index (χ4n) is 2.03. The molecule has 9 nitrogen and oxygen atoms in total. The number of hydrogen-bond acceptors (Lipinski definition) is 9. The van der Waals surface area contributed by atoms with Gasteiger partial charge in [-0.25, -0.2) is 4.79 Å². The van der Waals surface area contributed by atoms with Crippen LogP contribution in [-0.2, 0) is 20.8 Å². The van der Waals surface area contributed by atoms with Crippen LogP contribution in [0.3, 0.4) is 0 Å². The lowest BCUT2D eigenvalue weighted by molar-refractivity contribution is -0.125. The Morgan fingerprint density at radius 2 is 2.20 bits per heavy atom. The molecule has 0 saturated carbocycles. The van der Waals surface area contributed by atoms with Crippen LogP contribution < -0.4 is 5.32 Å². The first-order valence-electron chi connectivity index (χ1n) is 7.53. The van der Waals surface area contributed by atoms with Gasteiger partial charge in [0.05, 0.1) is 31.2 Å². The molecule has 0 bridgehead atoms. The summed E-state index contributed by atoms with van der Waals surface area (Å²) in [5, 5.41) is 12.1. The zero-order valence-electron chi connectivity index (χ0n) is 14.2. The van der Waals surface area contributed by atoms with Gasteiger partial charge >= 0.3 is 6.09 Å². The number of carbonyl (C=O) groups is 2. The molecule has 0 saturated heterocycles. The van der Waals surface area contributed by atoms with Gasteiger partial charge in [-0.2, -0.15) is 0 Å². The van der Waals surface area contributed by atoms with Gasteiger partial charge in [-0.15, -0.1) is 21.5 Å². The molecular weight excluding hydrogens is 348 g/mol. The number of methoxy groups -OCH3 is 2. The molecule has 25 heavy (non-hydrogen) atoms. The third kappa shape index (κ3) is 5.34. The van der Waals surface area contributed by atoms with Crippen LogP contribution in [0.4, 0.5) is 4.79 Å². The fourth-order valence-corrected chi connectivity index (χ4v) is 2.68. The average molecular weight is 368 g/mol. The average Bonchev–Trinajstić information content (AvgIpc) is 3.28. The maximum absolute atomic E-state index is 12.1. The van der Waals surface area contributed by atoms with Crippen molar-refractivity contribution in [1.82, 2.24) is 20.4 Å². The minimum absolute atomic E-state index is 0.248. The maximum Gasteiger partial charge on any atom is 0.413 e. The van der Waals surface area contributed by atoms with E-state index in [0.29, 0.717) is 24.9 Å². The van der Waals surface area contributed by atoms with Crippen LogP contribution in [0.15, 0.2) is 21.9 Å². The van der Waals surface area contributed by atoms with E-state index in [1.54, 1.807) is 18.9 Å². The number of nitrogens with one attached hydrogen (secondary N) is 1. The number of rotatable bonds is 8. The van der Waals surface area contributed by atoms with Crippen LogP contribution in [0, 0.1) is 0 Å². The second-order valence-corrected chi connectivity index (χ2v) is 6.05. The molecule has 136 valence electrons. The molecular formula is C15H20N4O5S. The van der Waals surface area contributed by atoms with Crippen LogP contribution in [-0.4, -0.2) is 60.5 Å². The Hall–Kier alpha value is -2.30. The molecule has 0 spiro atoms. The molecule has 0 aliphatic rings. The zero-order valence-corrected chi connectivity index (χ0v) is 15.0. The molecule has 1 atom stereocenters. The Morgan fingerprint density at radius 1 is 1.40 bits per heavy atom. The minimum atomic E-state index is -0.804. The van der Waals surface area contributed by atoms with Gasteiger partial charge in [0.15, 0.2) is 0 Å². The van der Waals surface area contributed by atoms with E-state index in [9.17, 15) is 9.59 Å². The predicted molar refractivity (Wildman–Crippen MR) is 89.9 cm³/mol. The highest BCUT2D eigenvalue weighted by Gasteiger charge is 2.25. The van der Waals surface area contributed by atoms with Gasteiger partial charge in [-0.3, -0.25) is 15.0 Å². The fraction of sp³-hybridized carbons (Fsp3) is 0.467. The molecule has 0 fully saturated rings. The van der Waals surface area contributed by atoms with E-state index in [0.717, 1.165) is 4.88 Å². The Balaban J connectivity index is 2.06. The lowest BCUT2D eigenvalue weighted by atomic mass is 10.2. The summed E-state index contributed by atoms with van der Waals surface area (Å²) in [6.07, 6.45) is -0.804. The number of hydrogen-bond donors (Lipinski definition) is 1. The highest BCUT2D eigenvalue weighted by Crippen LogP contribution is 2.23. The van der Waals surface area contributed by atoms with Gasteiger partial charge in [-0.05, 0) is 18.4 Å². The monoisotopic (exact) mass is 368 g/mol. The topological polar surface area (TPSA) is 107 Å². The summed E-state index contributed by atoms with van der Waals surface area (Å²) < 4.78 is 15.2. The van der Waals surface area contributed by atoms with Crippen LogP contribution in [0.5, 0.6) is 0 Å². The third-order valence-corrected chi connectivity index (χ3v) is 4.32. The molecule has 0 radical (unpaired) electrons. The zero-order chi connectivity index (χ0) is 18.2. The van der Waals surface area contributed by atoms with E-state index in [1.165, 1.54) is 18.4 Å². The first-order chi connectivity index (χ1) is 12.0. The van der Waals surface area contributed by atoms with Crippen LogP contribution in [0.25, 0.3) is 10.8 Å². The third-order valence-electron chi connectivity index (χ3n) is 3.46. The number of amides is 2. The second kappa shape index (κ2) is 9.25. The summed E-state index contributed by atoms with van der Waals surface area (Å²) in [4.78, 5) is 26.0. The number of imide groups is 1. The normalized spacial score (nSPS) is 12.2. The lowest BCUT2D eigenvalue weighted by Crippen LogP contribution is -2.47. The van der Waals surface area contributed by atoms with E-state index >= 15 is 0 Å². The summed E-state index contributed by atoms with van der Waals surface area (Å²) in [5.41, 5.74) is 0. The maximum atomic E-state index is 12.1. The number of aromatic nitrogens is 2. The molecule has 2 rings (SSSR count). The van der Waals surface area contributed by atoms with Crippen molar-refractivity contribution in [3.05, 3.63) is 23.4 Å². The first kappa shape index (κ1) is 19.0. The van der Waals surface area contributed by atoms with Crippen molar-refractivity contribution in [2.24, 2.45) is 0 Å². The lowest BCUT2D eigenvalue weighted by Gasteiger charge is -2.26. The van der Waals surface area contributed by atoms with Crippen LogP contribution >= 0.6 is 11.3 Å². The largest absolute Gasteiger partial charge is 0.453 e. The summed E-state index contributed by atoms with van der Waals surface area (Å²) >= 11 is 1.50. The van der Waals surface area contributed by atoms with E-state index in [1.807, 2.05) is 17.5 Å². The Labute approximate surface area is 148 Å². The van der Waals surface area contributed by atoms with Crippen molar-refractivity contribution < 1.29 is 23.5 Å². The second-order valence-electron chi connectivity index (χ2n) is 5.10. The first-order valence-corrected chi connectivity index (χ1v) is 8.41. The van der Waals surface area contributed by atoms with Crippen molar-refractivity contribution in [3.8, 4) is 10.8 Å². The highest BCUT2D eigenvalue weighted by atomic mass is 32.1. The highest BCUT2D eigenvalue weighted by molar-refractivity contribution is 7.13. The number of carbonyl (C=O) groups excluding carboxylic acids is 2. The number of nitrogens with zero attached hydrogens (tertiary/aromatic N) is 3. The Morgan fingerprint density at radius 3 is 2.84 bits per heavy atom. The quantitative estimate of drug-likeness (QED) is 0.747. The van der Waals surface area contributed by atoms with Gasteiger partial charge in [0.2, 0.25) is 11.8 Å². The number of ether oxygens (including phenoxy) is 2.